The molecule has 0 aliphatic carbocycles. The smallest absolute Gasteiger partial charge is 0.270 e. The number of hydrogen-bond donors (Lipinski definition) is 2. The molecule has 2 N–H and O–H groups in total. The lowest BCUT2D eigenvalue weighted by Crippen LogP contribution is -2.25. The van der Waals surface area contributed by atoms with Crippen LogP contribution in [-0.4, -0.2) is 23.6 Å². The average Bonchev–Trinajstić information content (AvgIpc) is 3.16. The van der Waals surface area contributed by atoms with E-state index in [1.807, 2.05) is 6.92 Å². The highest BCUT2D eigenvalue weighted by Crippen LogP contribution is 2.28. The van der Waals surface area contributed by atoms with E-state index in [2.05, 4.69) is 15.8 Å². The Labute approximate surface area is 171 Å². The molecular formula is C20H17ClN4O4. The zero-order valence-electron chi connectivity index (χ0n) is 15.4. The molecule has 0 spiro atoms. The van der Waals surface area contributed by atoms with E-state index in [9.17, 15) is 14.9 Å². The maximum atomic E-state index is 11.8. The van der Waals surface area contributed by atoms with Crippen LogP contribution < -0.4 is 10.7 Å². The molecule has 0 bridgehead atoms. The highest BCUT2D eigenvalue weighted by molar-refractivity contribution is 6.30. The number of anilines is 1. The zero-order valence-corrected chi connectivity index (χ0v) is 16.1. The topological polar surface area (TPSA) is 110 Å². The number of carbonyl (C=O) groups is 1. The normalized spacial score (nSPS) is 10.8. The molecule has 9 heteroatoms. The summed E-state index contributed by atoms with van der Waals surface area (Å²) in [6.07, 6.45) is 1.36. The first-order chi connectivity index (χ1) is 13.9. The number of carbonyl (C=O) groups excluding carboxylic acids is 1. The Morgan fingerprint density at radius 1 is 1.21 bits per heavy atom. The summed E-state index contributed by atoms with van der Waals surface area (Å²) in [6, 6.07) is 14.9. The maximum absolute atomic E-state index is 11.8. The molecule has 0 radical (unpaired) electrons. The van der Waals surface area contributed by atoms with Gasteiger partial charge in [-0.2, -0.15) is 5.10 Å². The number of nitrogens with zero attached hydrogens (tertiary/aromatic N) is 2. The van der Waals surface area contributed by atoms with Gasteiger partial charge in [-0.05, 0) is 48.9 Å². The summed E-state index contributed by atoms with van der Waals surface area (Å²) in [4.78, 5) is 22.3. The third-order valence-electron chi connectivity index (χ3n) is 4.00. The standard InChI is InChI=1S/C20H17ClN4O4/c1-13-2-7-16(25(27)28)10-18(13)19-9-8-17(29-19)11-23-24-20(26)12-22-15-5-3-14(21)4-6-15/h2-11,22H,12H2,1H3,(H,24,26)/b23-11-. The molecule has 1 amide bonds. The molecule has 29 heavy (non-hydrogen) atoms. The van der Waals surface area contributed by atoms with Crippen molar-refractivity contribution in [3.8, 4) is 11.3 Å². The van der Waals surface area contributed by atoms with Gasteiger partial charge in [0.25, 0.3) is 11.6 Å². The van der Waals surface area contributed by atoms with Gasteiger partial charge in [-0.3, -0.25) is 14.9 Å². The van der Waals surface area contributed by atoms with Gasteiger partial charge in [-0.25, -0.2) is 5.43 Å². The number of benzene rings is 2. The van der Waals surface area contributed by atoms with Gasteiger partial charge in [0, 0.05) is 28.4 Å². The molecule has 0 unspecified atom stereocenters. The van der Waals surface area contributed by atoms with Gasteiger partial charge in [-0.15, -0.1) is 0 Å². The van der Waals surface area contributed by atoms with Gasteiger partial charge in [0.2, 0.25) is 0 Å². The van der Waals surface area contributed by atoms with Crippen molar-refractivity contribution in [1.29, 1.82) is 0 Å². The molecule has 1 aromatic heterocycles. The van der Waals surface area contributed by atoms with Gasteiger partial charge in [0.1, 0.15) is 11.5 Å². The van der Waals surface area contributed by atoms with Crippen LogP contribution in [0, 0.1) is 17.0 Å². The van der Waals surface area contributed by atoms with Gasteiger partial charge in [0.15, 0.2) is 0 Å². The van der Waals surface area contributed by atoms with Crippen molar-refractivity contribution < 1.29 is 14.1 Å². The maximum Gasteiger partial charge on any atom is 0.270 e. The molecule has 2 aromatic carbocycles. The second-order valence-corrected chi connectivity index (χ2v) is 6.55. The Balaban J connectivity index is 1.58. The highest BCUT2D eigenvalue weighted by atomic mass is 35.5. The van der Waals surface area contributed by atoms with E-state index >= 15 is 0 Å². The van der Waals surface area contributed by atoms with Crippen LogP contribution in [0.2, 0.25) is 5.02 Å². The van der Waals surface area contributed by atoms with E-state index in [-0.39, 0.29) is 18.1 Å². The van der Waals surface area contributed by atoms with E-state index < -0.39 is 4.92 Å². The van der Waals surface area contributed by atoms with Crippen LogP contribution in [0.3, 0.4) is 0 Å². The number of non-ortho nitro benzene ring substituents is 1. The van der Waals surface area contributed by atoms with Crippen molar-refractivity contribution in [2.45, 2.75) is 6.92 Å². The van der Waals surface area contributed by atoms with Gasteiger partial charge in [0.05, 0.1) is 17.7 Å². The van der Waals surface area contributed by atoms with Gasteiger partial charge in [-0.1, -0.05) is 17.7 Å². The molecule has 0 fully saturated rings. The lowest BCUT2D eigenvalue weighted by atomic mass is 10.1. The summed E-state index contributed by atoms with van der Waals surface area (Å²) in [5.74, 6) is 0.540. The Hall–Kier alpha value is -3.65. The molecule has 3 aromatic rings. The molecule has 0 saturated carbocycles. The van der Waals surface area contributed by atoms with Crippen LogP contribution in [0.5, 0.6) is 0 Å². The summed E-state index contributed by atoms with van der Waals surface area (Å²) in [6.45, 7) is 1.87. The molecule has 0 atom stereocenters. The lowest BCUT2D eigenvalue weighted by Gasteiger charge is -2.04. The van der Waals surface area contributed by atoms with Crippen molar-refractivity contribution in [1.82, 2.24) is 5.43 Å². The summed E-state index contributed by atoms with van der Waals surface area (Å²) < 4.78 is 5.66. The minimum atomic E-state index is -0.456. The molecule has 0 aliphatic rings. The van der Waals surface area contributed by atoms with E-state index in [4.69, 9.17) is 16.0 Å². The monoisotopic (exact) mass is 412 g/mol. The van der Waals surface area contributed by atoms with Crippen molar-refractivity contribution in [3.05, 3.63) is 81.1 Å². The van der Waals surface area contributed by atoms with E-state index in [1.165, 1.54) is 18.3 Å². The van der Waals surface area contributed by atoms with Gasteiger partial charge < -0.3 is 9.73 Å². The molecule has 148 valence electrons. The first-order valence-corrected chi connectivity index (χ1v) is 8.97. The fourth-order valence-electron chi connectivity index (χ4n) is 2.51. The number of hydrogen-bond acceptors (Lipinski definition) is 6. The quantitative estimate of drug-likeness (QED) is 0.340. The Kier molecular flexibility index (Phi) is 6.25. The predicted molar refractivity (Wildman–Crippen MR) is 111 cm³/mol. The Morgan fingerprint density at radius 3 is 2.69 bits per heavy atom. The first kappa shape index (κ1) is 20.1. The number of nitro groups is 1. The summed E-state index contributed by atoms with van der Waals surface area (Å²) in [7, 11) is 0. The highest BCUT2D eigenvalue weighted by Gasteiger charge is 2.13. The number of halogens is 1. The third-order valence-corrected chi connectivity index (χ3v) is 4.25. The number of hydrazone groups is 1. The van der Waals surface area contributed by atoms with Crippen LogP contribution in [0.15, 0.2) is 64.1 Å². The fourth-order valence-corrected chi connectivity index (χ4v) is 2.64. The minimum absolute atomic E-state index is 0.0160. The van der Waals surface area contributed by atoms with Crippen LogP contribution in [0.4, 0.5) is 11.4 Å². The number of amides is 1. The number of nitro benzene ring substituents is 1. The SMILES string of the molecule is Cc1ccc([N+](=O)[O-])cc1-c1ccc(/C=N\NC(=O)CNc2ccc(Cl)cc2)o1. The van der Waals surface area contributed by atoms with Crippen LogP contribution in [0.1, 0.15) is 11.3 Å². The molecule has 0 saturated heterocycles. The zero-order chi connectivity index (χ0) is 20.8. The van der Waals surface area contributed by atoms with Crippen LogP contribution >= 0.6 is 11.6 Å². The van der Waals surface area contributed by atoms with Crippen molar-refractivity contribution >= 4 is 35.1 Å². The number of nitrogens with one attached hydrogen (secondary N) is 2. The van der Waals surface area contributed by atoms with Crippen molar-refractivity contribution in [2.24, 2.45) is 5.10 Å². The molecule has 1 heterocycles. The largest absolute Gasteiger partial charge is 0.455 e. The summed E-state index contributed by atoms with van der Waals surface area (Å²) in [5.41, 5.74) is 4.60. The van der Waals surface area contributed by atoms with E-state index in [0.717, 1.165) is 11.3 Å². The molecule has 3 rings (SSSR count). The van der Waals surface area contributed by atoms with E-state index in [1.54, 1.807) is 42.5 Å². The van der Waals surface area contributed by atoms with Crippen LogP contribution in [-0.2, 0) is 4.79 Å². The molecular weight excluding hydrogens is 396 g/mol. The number of aryl methyl sites for hydroxylation is 1. The third kappa shape index (κ3) is 5.43. The van der Waals surface area contributed by atoms with Gasteiger partial charge >= 0.3 is 0 Å². The second-order valence-electron chi connectivity index (χ2n) is 6.11. The first-order valence-electron chi connectivity index (χ1n) is 8.59. The molecule has 8 nitrogen and oxygen atoms in total. The summed E-state index contributed by atoms with van der Waals surface area (Å²) >= 11 is 5.81. The summed E-state index contributed by atoms with van der Waals surface area (Å²) in [5, 5.41) is 18.4. The van der Waals surface area contributed by atoms with Crippen molar-refractivity contribution in [3.63, 3.8) is 0 Å². The second kappa shape index (κ2) is 9.03. The predicted octanol–water partition coefficient (Wildman–Crippen LogP) is 4.38. The molecule has 0 aliphatic heterocycles. The lowest BCUT2D eigenvalue weighted by molar-refractivity contribution is -0.384. The number of rotatable bonds is 7. The fraction of sp³-hybridized carbons (Fsp3) is 0.100. The van der Waals surface area contributed by atoms with Crippen molar-refractivity contribution in [2.75, 3.05) is 11.9 Å². The Bertz CT molecular complexity index is 1060. The number of furan rings is 1. The van der Waals surface area contributed by atoms with Crippen LogP contribution in [0.25, 0.3) is 11.3 Å². The average molecular weight is 413 g/mol. The Morgan fingerprint density at radius 2 is 1.97 bits per heavy atom. The minimum Gasteiger partial charge on any atom is -0.455 e. The van der Waals surface area contributed by atoms with E-state index in [0.29, 0.717) is 22.1 Å².